The van der Waals surface area contributed by atoms with Gasteiger partial charge in [0.15, 0.2) is 0 Å². The summed E-state index contributed by atoms with van der Waals surface area (Å²) in [7, 11) is 0. The lowest BCUT2D eigenvalue weighted by Crippen LogP contribution is -2.46. The van der Waals surface area contributed by atoms with Gasteiger partial charge in [0.1, 0.15) is 6.04 Å². The van der Waals surface area contributed by atoms with Gasteiger partial charge in [-0.05, 0) is 37.3 Å². The van der Waals surface area contributed by atoms with Gasteiger partial charge >= 0.3 is 0 Å². The molecule has 25 heavy (non-hydrogen) atoms. The van der Waals surface area contributed by atoms with Gasteiger partial charge in [-0.15, -0.1) is 0 Å². The molecule has 0 spiro atoms. The summed E-state index contributed by atoms with van der Waals surface area (Å²) >= 11 is 0. The van der Waals surface area contributed by atoms with Crippen LogP contribution in [0.5, 0.6) is 0 Å². The number of nitrogens with zero attached hydrogens (tertiary/aromatic N) is 1. The molecule has 1 atom stereocenters. The van der Waals surface area contributed by atoms with Crippen LogP contribution in [0.15, 0.2) is 30.3 Å². The van der Waals surface area contributed by atoms with Gasteiger partial charge in [0.2, 0.25) is 5.91 Å². The predicted octanol–water partition coefficient (Wildman–Crippen LogP) is 4.01. The minimum absolute atomic E-state index is 0.00367. The molecule has 0 aromatic heterocycles. The molecule has 1 N–H and O–H groups in total. The van der Waals surface area contributed by atoms with Gasteiger partial charge in [0.05, 0.1) is 0 Å². The van der Waals surface area contributed by atoms with E-state index in [0.29, 0.717) is 18.7 Å². The zero-order chi connectivity index (χ0) is 18.1. The number of rotatable bonds is 9. The molecule has 1 unspecified atom stereocenters. The van der Waals surface area contributed by atoms with E-state index in [9.17, 15) is 9.59 Å². The van der Waals surface area contributed by atoms with Gasteiger partial charge in [-0.2, -0.15) is 0 Å². The normalized spacial score (nSPS) is 17.1. The topological polar surface area (TPSA) is 49.4 Å². The number of hydrogen-bond donors (Lipinski definition) is 1. The molecule has 4 nitrogen and oxygen atoms in total. The van der Waals surface area contributed by atoms with E-state index in [0.717, 1.165) is 31.6 Å². The summed E-state index contributed by atoms with van der Waals surface area (Å²) in [6.07, 6.45) is 7.62. The smallest absolute Gasteiger partial charge is 0.254 e. The third kappa shape index (κ3) is 6.18. The molecular formula is C21H32N2O2. The summed E-state index contributed by atoms with van der Waals surface area (Å²) in [6.45, 7) is 5.89. The van der Waals surface area contributed by atoms with Crippen LogP contribution in [0.2, 0.25) is 0 Å². The molecule has 2 rings (SSSR count). The summed E-state index contributed by atoms with van der Waals surface area (Å²) in [4.78, 5) is 26.8. The molecule has 1 aliphatic heterocycles. The van der Waals surface area contributed by atoms with Crippen LogP contribution in [0.3, 0.4) is 0 Å². The van der Waals surface area contributed by atoms with Crippen molar-refractivity contribution >= 4 is 11.8 Å². The van der Waals surface area contributed by atoms with Crippen LogP contribution in [0.1, 0.15) is 69.2 Å². The Hall–Kier alpha value is -1.84. The minimum Gasteiger partial charge on any atom is -0.354 e. The van der Waals surface area contributed by atoms with Crippen LogP contribution in [0.25, 0.3) is 0 Å². The number of carbonyl (C=O) groups excluding carboxylic acids is 2. The molecule has 4 heteroatoms. The first kappa shape index (κ1) is 19.5. The lowest BCUT2D eigenvalue weighted by atomic mass is 10.0. The number of amides is 2. The van der Waals surface area contributed by atoms with E-state index in [2.05, 4.69) is 19.2 Å². The Morgan fingerprint density at radius 2 is 1.84 bits per heavy atom. The molecule has 1 aliphatic rings. The molecule has 1 aromatic rings. The first-order valence-electron chi connectivity index (χ1n) is 9.73. The van der Waals surface area contributed by atoms with Crippen molar-refractivity contribution in [1.82, 2.24) is 10.2 Å². The number of carbonyl (C=O) groups is 2. The molecule has 2 amide bonds. The first-order chi connectivity index (χ1) is 12.1. The molecule has 0 saturated carbocycles. The van der Waals surface area contributed by atoms with Gasteiger partial charge in [-0.1, -0.05) is 57.7 Å². The predicted molar refractivity (Wildman–Crippen MR) is 101 cm³/mol. The minimum atomic E-state index is -0.311. The zero-order valence-corrected chi connectivity index (χ0v) is 15.7. The fourth-order valence-electron chi connectivity index (χ4n) is 3.39. The number of hydrogen-bond acceptors (Lipinski definition) is 2. The van der Waals surface area contributed by atoms with Crippen molar-refractivity contribution in [2.24, 2.45) is 5.92 Å². The molecule has 1 heterocycles. The van der Waals surface area contributed by atoms with E-state index < -0.39 is 0 Å². The van der Waals surface area contributed by atoms with Crippen molar-refractivity contribution in [2.45, 2.75) is 64.8 Å². The number of nitrogens with one attached hydrogen (secondary N) is 1. The second-order valence-electron chi connectivity index (χ2n) is 7.41. The summed E-state index contributed by atoms with van der Waals surface area (Å²) in [5, 5.41) is 3.03. The Bertz CT molecular complexity index is 542. The van der Waals surface area contributed by atoms with Gasteiger partial charge < -0.3 is 10.2 Å². The summed E-state index contributed by atoms with van der Waals surface area (Å²) in [5.74, 6) is 0.742. The molecule has 0 bridgehead atoms. The number of benzene rings is 1. The highest BCUT2D eigenvalue weighted by atomic mass is 16.2. The SMILES string of the molecule is CC(C)CCCCCCNC(=O)C1CCCN1C(=O)c1ccccc1. The van der Waals surface area contributed by atoms with Gasteiger partial charge in [-0.25, -0.2) is 0 Å². The van der Waals surface area contributed by atoms with Crippen LogP contribution < -0.4 is 5.32 Å². The Morgan fingerprint density at radius 3 is 2.56 bits per heavy atom. The highest BCUT2D eigenvalue weighted by Gasteiger charge is 2.34. The maximum Gasteiger partial charge on any atom is 0.254 e. The van der Waals surface area contributed by atoms with Crippen LogP contribution in [0.4, 0.5) is 0 Å². The lowest BCUT2D eigenvalue weighted by molar-refractivity contribution is -0.124. The lowest BCUT2D eigenvalue weighted by Gasteiger charge is -2.24. The van der Waals surface area contributed by atoms with E-state index in [-0.39, 0.29) is 17.9 Å². The fourth-order valence-corrected chi connectivity index (χ4v) is 3.39. The van der Waals surface area contributed by atoms with Crippen LogP contribution in [0, 0.1) is 5.92 Å². The number of unbranched alkanes of at least 4 members (excludes halogenated alkanes) is 3. The van der Waals surface area contributed by atoms with Crippen molar-refractivity contribution < 1.29 is 9.59 Å². The summed E-state index contributed by atoms with van der Waals surface area (Å²) < 4.78 is 0. The molecule has 1 fully saturated rings. The Kier molecular flexibility index (Phi) is 7.96. The maximum atomic E-state index is 12.6. The largest absolute Gasteiger partial charge is 0.354 e. The Balaban J connectivity index is 1.72. The highest BCUT2D eigenvalue weighted by molar-refractivity contribution is 5.97. The second kappa shape index (κ2) is 10.2. The average molecular weight is 344 g/mol. The third-order valence-electron chi connectivity index (χ3n) is 4.84. The van der Waals surface area contributed by atoms with E-state index in [4.69, 9.17) is 0 Å². The zero-order valence-electron chi connectivity index (χ0n) is 15.7. The van der Waals surface area contributed by atoms with Crippen LogP contribution in [-0.2, 0) is 4.79 Å². The molecular weight excluding hydrogens is 312 g/mol. The quantitative estimate of drug-likeness (QED) is 0.688. The van der Waals surface area contributed by atoms with Gasteiger partial charge in [-0.3, -0.25) is 9.59 Å². The van der Waals surface area contributed by atoms with E-state index >= 15 is 0 Å². The summed E-state index contributed by atoms with van der Waals surface area (Å²) in [6, 6.07) is 8.93. The van der Waals surface area contributed by atoms with E-state index in [1.807, 2.05) is 30.3 Å². The van der Waals surface area contributed by atoms with Gasteiger partial charge in [0.25, 0.3) is 5.91 Å². The van der Waals surface area contributed by atoms with E-state index in [1.54, 1.807) is 4.90 Å². The standard InChI is InChI=1S/C21H32N2O2/c1-17(2)11-6-3-4-9-15-22-20(24)19-14-10-16-23(19)21(25)18-12-7-5-8-13-18/h5,7-8,12-13,17,19H,3-4,6,9-11,14-16H2,1-2H3,(H,22,24). The molecule has 138 valence electrons. The Morgan fingerprint density at radius 1 is 1.12 bits per heavy atom. The second-order valence-corrected chi connectivity index (χ2v) is 7.41. The first-order valence-corrected chi connectivity index (χ1v) is 9.73. The van der Waals surface area contributed by atoms with Gasteiger partial charge in [0, 0.05) is 18.7 Å². The van der Waals surface area contributed by atoms with E-state index in [1.165, 1.54) is 19.3 Å². The van der Waals surface area contributed by atoms with Crippen molar-refractivity contribution in [3.05, 3.63) is 35.9 Å². The summed E-state index contributed by atoms with van der Waals surface area (Å²) in [5.41, 5.74) is 0.660. The monoisotopic (exact) mass is 344 g/mol. The number of likely N-dealkylation sites (tertiary alicyclic amines) is 1. The van der Waals surface area contributed by atoms with Crippen LogP contribution in [-0.4, -0.2) is 35.8 Å². The van der Waals surface area contributed by atoms with Crippen molar-refractivity contribution in [2.75, 3.05) is 13.1 Å². The fraction of sp³-hybridized carbons (Fsp3) is 0.619. The van der Waals surface area contributed by atoms with Crippen molar-refractivity contribution in [3.8, 4) is 0 Å². The highest BCUT2D eigenvalue weighted by Crippen LogP contribution is 2.20. The Labute approximate surface area is 152 Å². The van der Waals surface area contributed by atoms with Crippen molar-refractivity contribution in [3.63, 3.8) is 0 Å². The molecule has 0 radical (unpaired) electrons. The molecule has 1 saturated heterocycles. The molecule has 0 aliphatic carbocycles. The van der Waals surface area contributed by atoms with Crippen LogP contribution >= 0.6 is 0 Å². The average Bonchev–Trinajstić information content (AvgIpc) is 3.10. The maximum absolute atomic E-state index is 12.6. The molecule has 1 aromatic carbocycles. The third-order valence-corrected chi connectivity index (χ3v) is 4.84. The van der Waals surface area contributed by atoms with Crippen molar-refractivity contribution in [1.29, 1.82) is 0 Å².